The highest BCUT2D eigenvalue weighted by atomic mass is 16.6. The van der Waals surface area contributed by atoms with Crippen LogP contribution in [0.25, 0.3) is 11.1 Å². The Morgan fingerprint density at radius 3 is 1.68 bits per heavy atom. The number of nitro benzene ring substituents is 1. The number of anilines is 1. The van der Waals surface area contributed by atoms with E-state index in [1.165, 1.54) is 63.9 Å². The first-order valence-corrected chi connectivity index (χ1v) is 16.2. The van der Waals surface area contributed by atoms with Gasteiger partial charge in [0.25, 0.3) is 0 Å². The van der Waals surface area contributed by atoms with E-state index in [-0.39, 0.29) is 22.7 Å². The lowest BCUT2D eigenvalue weighted by atomic mass is 10.1. The molecule has 0 fully saturated rings. The van der Waals surface area contributed by atoms with E-state index in [0.717, 1.165) is 55.2 Å². The molecule has 0 saturated carbocycles. The van der Waals surface area contributed by atoms with Gasteiger partial charge in [-0.1, -0.05) is 109 Å². The van der Waals surface area contributed by atoms with Crippen molar-refractivity contribution in [2.24, 2.45) is 0 Å². The average Bonchev–Trinajstić information content (AvgIpc) is 3.02. The van der Waals surface area contributed by atoms with Gasteiger partial charge in [-0.3, -0.25) is 10.1 Å². The van der Waals surface area contributed by atoms with E-state index in [1.54, 1.807) is 12.1 Å². The van der Waals surface area contributed by atoms with Gasteiger partial charge in [0.05, 0.1) is 29.4 Å². The Bertz CT molecular complexity index is 1290. The molecule has 0 radical (unpaired) electrons. The lowest BCUT2D eigenvalue weighted by Crippen LogP contribution is -2.12. The fourth-order valence-electron chi connectivity index (χ4n) is 4.95. The normalized spacial score (nSPS) is 10.9. The van der Waals surface area contributed by atoms with Crippen LogP contribution < -0.4 is 19.9 Å². The first-order valence-electron chi connectivity index (χ1n) is 16.2. The zero-order valence-electron chi connectivity index (χ0n) is 26.4. The summed E-state index contributed by atoms with van der Waals surface area (Å²) >= 11 is 0. The lowest BCUT2D eigenvalue weighted by Gasteiger charge is -2.11. The number of ether oxygens (including phenoxy) is 3. The molecule has 44 heavy (non-hydrogen) atoms. The number of esters is 1. The highest BCUT2D eigenvalue weighted by Crippen LogP contribution is 2.33. The van der Waals surface area contributed by atoms with Crippen molar-refractivity contribution in [2.45, 2.75) is 97.3 Å². The predicted molar refractivity (Wildman–Crippen MR) is 177 cm³/mol. The summed E-state index contributed by atoms with van der Waals surface area (Å²) in [4.78, 5) is 24.0. The third kappa shape index (κ3) is 11.5. The summed E-state index contributed by atoms with van der Waals surface area (Å²) in [6, 6.07) is 17.4. The van der Waals surface area contributed by atoms with Crippen LogP contribution in [0.3, 0.4) is 0 Å². The van der Waals surface area contributed by atoms with E-state index < -0.39 is 10.9 Å². The van der Waals surface area contributed by atoms with Gasteiger partial charge in [-0.05, 0) is 48.2 Å². The van der Waals surface area contributed by atoms with Gasteiger partial charge in [-0.15, -0.1) is 0 Å². The zero-order valence-corrected chi connectivity index (χ0v) is 26.4. The van der Waals surface area contributed by atoms with E-state index >= 15 is 0 Å². The molecule has 0 amide bonds. The molecule has 3 aromatic rings. The summed E-state index contributed by atoms with van der Waals surface area (Å²) in [5.74, 6) is 0.425. The first-order chi connectivity index (χ1) is 21.4. The van der Waals surface area contributed by atoms with Crippen LogP contribution in [-0.2, 0) is 0 Å². The third-order valence-electron chi connectivity index (χ3n) is 7.57. The lowest BCUT2D eigenvalue weighted by molar-refractivity contribution is -0.385. The molecule has 8 nitrogen and oxygen atoms in total. The SMILES string of the molecule is CCCCCCCCCOc1ccc(-c2ccc(OC(=O)c3cc([N+](=O)[O-])c(OCCCCCCCC)cc3N)cc2)cc1. The fraction of sp³-hybridized carbons (Fsp3) is 0.472. The van der Waals surface area contributed by atoms with Gasteiger partial charge in [0, 0.05) is 12.1 Å². The number of carbonyl (C=O) groups is 1. The molecular weight excluding hydrogens is 556 g/mol. The Morgan fingerprint density at radius 2 is 1.16 bits per heavy atom. The highest BCUT2D eigenvalue weighted by molar-refractivity contribution is 5.97. The van der Waals surface area contributed by atoms with Crippen LogP contribution in [0, 0.1) is 10.1 Å². The van der Waals surface area contributed by atoms with Crippen LogP contribution in [-0.4, -0.2) is 24.1 Å². The number of unbranched alkanes of at least 4 members (excludes halogenated alkanes) is 11. The number of nitro groups is 1. The molecule has 0 aliphatic carbocycles. The van der Waals surface area contributed by atoms with Crippen molar-refractivity contribution in [3.05, 3.63) is 76.3 Å². The quantitative estimate of drug-likeness (QED) is 0.0321. The molecule has 0 atom stereocenters. The molecule has 3 rings (SSSR count). The second-order valence-corrected chi connectivity index (χ2v) is 11.2. The Kier molecular flexibility index (Phi) is 15.1. The maximum Gasteiger partial charge on any atom is 0.345 e. The van der Waals surface area contributed by atoms with E-state index in [4.69, 9.17) is 19.9 Å². The minimum absolute atomic E-state index is 0.0520. The minimum Gasteiger partial charge on any atom is -0.494 e. The van der Waals surface area contributed by atoms with Crippen LogP contribution in [0.5, 0.6) is 17.2 Å². The number of hydrogen-bond donors (Lipinski definition) is 1. The van der Waals surface area contributed by atoms with Crippen LogP contribution in [0.2, 0.25) is 0 Å². The summed E-state index contributed by atoms with van der Waals surface area (Å²) in [6.07, 6.45) is 15.2. The summed E-state index contributed by atoms with van der Waals surface area (Å²) < 4.78 is 17.1. The van der Waals surface area contributed by atoms with Crippen molar-refractivity contribution < 1.29 is 23.9 Å². The van der Waals surface area contributed by atoms with Gasteiger partial charge in [-0.2, -0.15) is 0 Å². The van der Waals surface area contributed by atoms with Crippen LogP contribution in [0.4, 0.5) is 11.4 Å². The van der Waals surface area contributed by atoms with E-state index in [0.29, 0.717) is 12.4 Å². The molecule has 0 unspecified atom stereocenters. The van der Waals surface area contributed by atoms with Crippen LogP contribution >= 0.6 is 0 Å². The Balaban J connectivity index is 1.51. The molecule has 0 aliphatic rings. The van der Waals surface area contributed by atoms with E-state index in [9.17, 15) is 14.9 Å². The standard InChI is InChI=1S/C36H48N2O6/c1-3-5-7-9-11-13-14-24-42-30-20-16-28(17-21-30)29-18-22-31(23-19-29)44-36(39)32-26-34(38(40)41)35(27-33(32)37)43-25-15-12-10-8-6-4-2/h16-23,26-27H,3-15,24-25,37H2,1-2H3. The number of nitrogen functional groups attached to an aromatic ring is 1. The molecule has 3 aromatic carbocycles. The monoisotopic (exact) mass is 604 g/mol. The Labute approximate surface area is 262 Å². The van der Waals surface area contributed by atoms with Gasteiger partial charge in [0.1, 0.15) is 11.5 Å². The molecule has 238 valence electrons. The maximum absolute atomic E-state index is 12.9. The van der Waals surface area contributed by atoms with Crippen LogP contribution in [0.15, 0.2) is 60.7 Å². The molecule has 0 aliphatic heterocycles. The molecule has 2 N–H and O–H groups in total. The number of hydrogen-bond acceptors (Lipinski definition) is 7. The summed E-state index contributed by atoms with van der Waals surface area (Å²) in [7, 11) is 0. The zero-order chi connectivity index (χ0) is 31.6. The second kappa shape index (κ2) is 19.3. The first kappa shape index (κ1) is 34.4. The van der Waals surface area contributed by atoms with Crippen molar-refractivity contribution in [1.82, 2.24) is 0 Å². The highest BCUT2D eigenvalue weighted by Gasteiger charge is 2.23. The van der Waals surface area contributed by atoms with Gasteiger partial charge in [0.15, 0.2) is 5.75 Å². The van der Waals surface area contributed by atoms with E-state index in [2.05, 4.69) is 13.8 Å². The smallest absolute Gasteiger partial charge is 0.345 e. The summed E-state index contributed by atoms with van der Waals surface area (Å²) in [5.41, 5.74) is 7.71. The third-order valence-corrected chi connectivity index (χ3v) is 7.57. The van der Waals surface area contributed by atoms with Crippen molar-refractivity contribution in [2.75, 3.05) is 18.9 Å². The summed E-state index contributed by atoms with van der Waals surface area (Å²) in [6.45, 7) is 5.46. The van der Waals surface area contributed by atoms with Crippen LogP contribution in [0.1, 0.15) is 108 Å². The number of nitrogens with two attached hydrogens (primary N) is 1. The topological polar surface area (TPSA) is 114 Å². The number of nitrogens with zero attached hydrogens (tertiary/aromatic N) is 1. The predicted octanol–water partition coefficient (Wildman–Crippen LogP) is 9.93. The maximum atomic E-state index is 12.9. The molecule has 0 spiro atoms. The van der Waals surface area contributed by atoms with Gasteiger partial charge in [-0.25, -0.2) is 4.79 Å². The van der Waals surface area contributed by atoms with Gasteiger partial charge < -0.3 is 19.9 Å². The van der Waals surface area contributed by atoms with Gasteiger partial charge >= 0.3 is 11.7 Å². The van der Waals surface area contributed by atoms with Gasteiger partial charge in [0.2, 0.25) is 0 Å². The van der Waals surface area contributed by atoms with Crippen molar-refractivity contribution in [1.29, 1.82) is 0 Å². The molecule has 0 bridgehead atoms. The van der Waals surface area contributed by atoms with Crippen molar-refractivity contribution >= 4 is 17.3 Å². The molecule has 0 aromatic heterocycles. The second-order valence-electron chi connectivity index (χ2n) is 11.2. The van der Waals surface area contributed by atoms with Crippen molar-refractivity contribution in [3.63, 3.8) is 0 Å². The molecular formula is C36H48N2O6. The molecule has 0 heterocycles. The van der Waals surface area contributed by atoms with Crippen molar-refractivity contribution in [3.8, 4) is 28.4 Å². The summed E-state index contributed by atoms with van der Waals surface area (Å²) in [5, 5.41) is 11.7. The molecule has 0 saturated heterocycles. The Morgan fingerprint density at radius 1 is 0.682 bits per heavy atom. The number of benzene rings is 3. The van der Waals surface area contributed by atoms with E-state index in [1.807, 2.05) is 36.4 Å². The fourth-order valence-corrected chi connectivity index (χ4v) is 4.95. The average molecular weight is 605 g/mol. The number of carbonyl (C=O) groups excluding carboxylic acids is 1. The minimum atomic E-state index is -0.775. The Hall–Kier alpha value is -4.07. The largest absolute Gasteiger partial charge is 0.494 e. The number of rotatable bonds is 21. The molecule has 8 heteroatoms.